The molecule has 0 amide bonds. The molecule has 0 saturated heterocycles. The molecule has 1 atom stereocenters. The Hall–Kier alpha value is -0.653. The summed E-state index contributed by atoms with van der Waals surface area (Å²) in [6.07, 6.45) is 2.19. The molecule has 0 fully saturated rings. The summed E-state index contributed by atoms with van der Waals surface area (Å²) in [5.41, 5.74) is -0.0713. The number of esters is 1. The maximum Gasteiger partial charge on any atom is 0.330 e. The van der Waals surface area contributed by atoms with Gasteiger partial charge >= 0.3 is 5.97 Å². The standard InChI is InChI=1S/C13H26O4Si/c1-7-11(14)17-12(8-2)18-13(15-9(3)4)16-10(5)6/h7,9-10,12-13H,1,8,18H2,2-6H3. The largest absolute Gasteiger partial charge is 0.464 e. The molecule has 4 nitrogen and oxygen atoms in total. The van der Waals surface area contributed by atoms with Crippen molar-refractivity contribution in [3.63, 3.8) is 0 Å². The van der Waals surface area contributed by atoms with E-state index < -0.39 is 9.52 Å². The third-order valence-electron chi connectivity index (χ3n) is 2.21. The Morgan fingerprint density at radius 2 is 1.72 bits per heavy atom. The van der Waals surface area contributed by atoms with E-state index in [9.17, 15) is 4.79 Å². The van der Waals surface area contributed by atoms with Gasteiger partial charge in [0.2, 0.25) is 0 Å². The number of hydrogen-bond acceptors (Lipinski definition) is 4. The number of carbonyl (C=O) groups excluding carboxylic acids is 1. The molecule has 0 aliphatic rings. The highest BCUT2D eigenvalue weighted by Gasteiger charge is 2.22. The fraction of sp³-hybridized carbons (Fsp3) is 0.769. The van der Waals surface area contributed by atoms with Crippen LogP contribution in [-0.2, 0) is 19.0 Å². The molecule has 0 N–H and O–H groups in total. The van der Waals surface area contributed by atoms with Gasteiger partial charge in [-0.05, 0) is 34.1 Å². The number of ether oxygens (including phenoxy) is 3. The lowest BCUT2D eigenvalue weighted by atomic mass is 10.5. The number of hydrogen-bond donors (Lipinski definition) is 0. The summed E-state index contributed by atoms with van der Waals surface area (Å²) >= 11 is 0. The van der Waals surface area contributed by atoms with E-state index in [-0.39, 0.29) is 29.8 Å². The molecule has 0 aromatic heterocycles. The second kappa shape index (κ2) is 9.30. The van der Waals surface area contributed by atoms with Crippen molar-refractivity contribution < 1.29 is 19.0 Å². The Labute approximate surface area is 113 Å². The molecule has 0 saturated carbocycles. The normalized spacial score (nSPS) is 13.8. The predicted molar refractivity (Wildman–Crippen MR) is 75.1 cm³/mol. The van der Waals surface area contributed by atoms with Crippen LogP contribution in [0.1, 0.15) is 41.0 Å². The van der Waals surface area contributed by atoms with Crippen molar-refractivity contribution in [3.05, 3.63) is 12.7 Å². The fourth-order valence-electron chi connectivity index (χ4n) is 1.48. The molecule has 0 spiro atoms. The Balaban J connectivity index is 4.40. The third-order valence-corrected chi connectivity index (χ3v) is 4.25. The van der Waals surface area contributed by atoms with Crippen LogP contribution in [0.2, 0.25) is 0 Å². The van der Waals surface area contributed by atoms with Crippen molar-refractivity contribution >= 4 is 15.5 Å². The highest BCUT2D eigenvalue weighted by atomic mass is 28.2. The van der Waals surface area contributed by atoms with Crippen LogP contribution in [0.3, 0.4) is 0 Å². The number of carbonyl (C=O) groups is 1. The van der Waals surface area contributed by atoms with Crippen LogP contribution >= 0.6 is 0 Å². The number of rotatable bonds is 9. The molecule has 0 aromatic carbocycles. The smallest absolute Gasteiger partial charge is 0.330 e. The van der Waals surface area contributed by atoms with E-state index in [0.29, 0.717) is 0 Å². The summed E-state index contributed by atoms with van der Waals surface area (Å²) in [7, 11) is -0.834. The van der Waals surface area contributed by atoms with E-state index in [0.717, 1.165) is 6.42 Å². The monoisotopic (exact) mass is 274 g/mol. The second-order valence-electron chi connectivity index (χ2n) is 4.71. The van der Waals surface area contributed by atoms with Crippen LogP contribution in [0.25, 0.3) is 0 Å². The van der Waals surface area contributed by atoms with Gasteiger partial charge in [0, 0.05) is 6.08 Å². The van der Waals surface area contributed by atoms with Crippen molar-refractivity contribution in [2.24, 2.45) is 0 Å². The van der Waals surface area contributed by atoms with Gasteiger partial charge in [-0.1, -0.05) is 13.5 Å². The second-order valence-corrected chi connectivity index (χ2v) is 6.75. The topological polar surface area (TPSA) is 44.8 Å². The Kier molecular flexibility index (Phi) is 8.96. The molecular formula is C13H26O4Si. The summed E-state index contributed by atoms with van der Waals surface area (Å²) < 4.78 is 16.7. The highest BCUT2D eigenvalue weighted by molar-refractivity contribution is 6.38. The van der Waals surface area contributed by atoms with Gasteiger partial charge in [-0.3, -0.25) is 0 Å². The van der Waals surface area contributed by atoms with Gasteiger partial charge in [0.1, 0.15) is 15.4 Å². The maximum atomic E-state index is 11.2. The van der Waals surface area contributed by atoms with Crippen molar-refractivity contribution in [1.82, 2.24) is 0 Å². The Morgan fingerprint density at radius 3 is 2.06 bits per heavy atom. The van der Waals surface area contributed by atoms with Crippen molar-refractivity contribution in [2.75, 3.05) is 0 Å². The summed E-state index contributed by atoms with van der Waals surface area (Å²) in [5, 5.41) is 0. The van der Waals surface area contributed by atoms with Gasteiger partial charge < -0.3 is 14.2 Å². The van der Waals surface area contributed by atoms with Crippen LogP contribution in [0.15, 0.2) is 12.7 Å². The summed E-state index contributed by atoms with van der Waals surface area (Å²) in [5.74, 6) is -0.588. The average molecular weight is 274 g/mol. The van der Waals surface area contributed by atoms with Gasteiger partial charge in [0.15, 0.2) is 0 Å². The third kappa shape index (κ3) is 8.44. The lowest BCUT2D eigenvalue weighted by molar-refractivity contribution is -0.144. The molecular weight excluding hydrogens is 248 g/mol. The van der Waals surface area contributed by atoms with Crippen LogP contribution in [0.5, 0.6) is 0 Å². The molecule has 0 aromatic rings. The Morgan fingerprint density at radius 1 is 1.22 bits per heavy atom. The molecule has 5 heteroatoms. The first-order valence-corrected chi connectivity index (χ1v) is 8.16. The van der Waals surface area contributed by atoms with E-state index in [2.05, 4.69) is 6.58 Å². The van der Waals surface area contributed by atoms with Crippen molar-refractivity contribution in [2.45, 2.75) is 64.9 Å². The zero-order chi connectivity index (χ0) is 14.1. The molecule has 1 unspecified atom stereocenters. The zero-order valence-electron chi connectivity index (χ0n) is 12.1. The maximum absolute atomic E-state index is 11.2. The van der Waals surface area contributed by atoms with Crippen LogP contribution < -0.4 is 0 Å². The summed E-state index contributed by atoms with van der Waals surface area (Å²) in [6, 6.07) is 0. The van der Waals surface area contributed by atoms with E-state index in [4.69, 9.17) is 14.2 Å². The first-order valence-electron chi connectivity index (χ1n) is 6.52. The summed E-state index contributed by atoms with van der Waals surface area (Å²) in [6.45, 7) is 13.3. The molecule has 0 rings (SSSR count). The minimum absolute atomic E-state index is 0.0713. The quantitative estimate of drug-likeness (QED) is 0.278. The van der Waals surface area contributed by atoms with E-state index in [1.54, 1.807) is 0 Å². The molecule has 0 radical (unpaired) electrons. The fourth-order valence-corrected chi connectivity index (χ4v) is 3.49. The van der Waals surface area contributed by atoms with E-state index in [1.807, 2.05) is 34.6 Å². The Bertz CT molecular complexity index is 243. The van der Waals surface area contributed by atoms with Gasteiger partial charge in [0.25, 0.3) is 0 Å². The first-order chi connectivity index (χ1) is 8.38. The van der Waals surface area contributed by atoms with Gasteiger partial charge in [-0.15, -0.1) is 0 Å². The molecule has 106 valence electrons. The van der Waals surface area contributed by atoms with Crippen LogP contribution in [-0.4, -0.2) is 39.3 Å². The average Bonchev–Trinajstić information content (AvgIpc) is 2.25. The minimum atomic E-state index is -0.834. The zero-order valence-corrected chi connectivity index (χ0v) is 13.6. The molecule has 0 aliphatic carbocycles. The lowest BCUT2D eigenvalue weighted by Crippen LogP contribution is -2.38. The van der Waals surface area contributed by atoms with E-state index >= 15 is 0 Å². The lowest BCUT2D eigenvalue weighted by Gasteiger charge is -2.26. The van der Waals surface area contributed by atoms with Crippen molar-refractivity contribution in [3.8, 4) is 0 Å². The predicted octanol–water partition coefficient (Wildman–Crippen LogP) is 1.75. The van der Waals surface area contributed by atoms with Crippen LogP contribution in [0.4, 0.5) is 0 Å². The molecule has 0 aliphatic heterocycles. The van der Waals surface area contributed by atoms with Crippen LogP contribution in [0, 0.1) is 0 Å². The molecule has 0 heterocycles. The summed E-state index contributed by atoms with van der Waals surface area (Å²) in [4.78, 5) is 11.2. The SMILES string of the molecule is C=CC(=O)OC(CC)[SiH2]C(OC(C)C)OC(C)C. The van der Waals surface area contributed by atoms with E-state index in [1.165, 1.54) is 6.08 Å². The first kappa shape index (κ1) is 17.3. The molecule has 18 heavy (non-hydrogen) atoms. The van der Waals surface area contributed by atoms with Gasteiger partial charge in [-0.25, -0.2) is 4.79 Å². The van der Waals surface area contributed by atoms with Gasteiger partial charge in [-0.2, -0.15) is 0 Å². The molecule has 0 bridgehead atoms. The van der Waals surface area contributed by atoms with Gasteiger partial charge in [0.05, 0.1) is 17.9 Å². The highest BCUT2D eigenvalue weighted by Crippen LogP contribution is 2.08. The van der Waals surface area contributed by atoms with Crippen molar-refractivity contribution in [1.29, 1.82) is 0 Å². The minimum Gasteiger partial charge on any atom is -0.464 e.